The first-order valence-corrected chi connectivity index (χ1v) is 6.42. The van der Waals surface area contributed by atoms with Gasteiger partial charge in [0.05, 0.1) is 9.82 Å². The van der Waals surface area contributed by atoms with Gasteiger partial charge in [0.2, 0.25) is 15.8 Å². The Morgan fingerprint density at radius 3 is 2.67 bits per heavy atom. The zero-order chi connectivity index (χ0) is 13.9. The van der Waals surface area contributed by atoms with Crippen molar-refractivity contribution in [2.45, 2.75) is 17.9 Å². The third-order valence-electron chi connectivity index (χ3n) is 2.13. The quantitative estimate of drug-likeness (QED) is 0.595. The van der Waals surface area contributed by atoms with Crippen LogP contribution in [0.2, 0.25) is 0 Å². The lowest BCUT2D eigenvalue weighted by atomic mass is 10.3. The molecule has 1 atom stereocenters. The molecule has 0 aliphatic rings. The van der Waals surface area contributed by atoms with E-state index < -0.39 is 32.5 Å². The van der Waals surface area contributed by atoms with E-state index in [0.29, 0.717) is 6.07 Å². The van der Waals surface area contributed by atoms with E-state index >= 15 is 0 Å². The summed E-state index contributed by atoms with van der Waals surface area (Å²) in [6.07, 6.45) is 0. The van der Waals surface area contributed by atoms with Gasteiger partial charge in [0.25, 0.3) is 0 Å². The van der Waals surface area contributed by atoms with Crippen LogP contribution in [0.15, 0.2) is 23.1 Å². The molecule has 9 heteroatoms. The van der Waals surface area contributed by atoms with Crippen molar-refractivity contribution in [1.29, 1.82) is 0 Å². The first-order chi connectivity index (χ1) is 8.27. The average molecular weight is 277 g/mol. The Morgan fingerprint density at radius 1 is 1.56 bits per heavy atom. The molecule has 18 heavy (non-hydrogen) atoms. The predicted octanol–water partition coefficient (Wildman–Crippen LogP) is 0.359. The maximum absolute atomic E-state index is 13.1. The number of rotatable bonds is 5. The molecular weight excluding hydrogens is 265 g/mol. The Morgan fingerprint density at radius 2 is 2.17 bits per heavy atom. The maximum atomic E-state index is 13.1. The molecule has 1 aromatic carbocycles. The highest BCUT2D eigenvalue weighted by atomic mass is 32.2. The van der Waals surface area contributed by atoms with E-state index in [4.69, 9.17) is 5.73 Å². The summed E-state index contributed by atoms with van der Waals surface area (Å²) < 4.78 is 38.8. The number of nitro benzene ring substituents is 1. The summed E-state index contributed by atoms with van der Waals surface area (Å²) in [6, 6.07) is 1.83. The van der Waals surface area contributed by atoms with E-state index in [-0.39, 0.29) is 11.4 Å². The second-order valence-corrected chi connectivity index (χ2v) is 5.34. The molecule has 0 spiro atoms. The fourth-order valence-corrected chi connectivity index (χ4v) is 2.46. The van der Waals surface area contributed by atoms with Gasteiger partial charge in [-0.25, -0.2) is 13.1 Å². The summed E-state index contributed by atoms with van der Waals surface area (Å²) in [7, 11) is -3.95. The minimum absolute atomic E-state index is 0.0719. The summed E-state index contributed by atoms with van der Waals surface area (Å²) in [4.78, 5) is 9.15. The standard InChI is InChI=1S/C9H12FN3O4S/c1-6(5-11)12-18(16,17)7-2-3-8(10)9(4-7)13(14)15/h2-4,6,12H,5,11H2,1H3. The summed E-state index contributed by atoms with van der Waals surface area (Å²) in [5.41, 5.74) is 4.37. The van der Waals surface area contributed by atoms with Crippen molar-refractivity contribution in [1.82, 2.24) is 4.72 Å². The van der Waals surface area contributed by atoms with E-state index in [1.807, 2.05) is 0 Å². The molecule has 0 fully saturated rings. The van der Waals surface area contributed by atoms with Crippen molar-refractivity contribution in [3.8, 4) is 0 Å². The van der Waals surface area contributed by atoms with E-state index in [1.165, 1.54) is 6.92 Å². The Labute approximate surface area is 103 Å². The molecule has 1 unspecified atom stereocenters. The number of hydrogen-bond donors (Lipinski definition) is 2. The molecule has 0 bridgehead atoms. The van der Waals surface area contributed by atoms with Crippen LogP contribution in [0, 0.1) is 15.9 Å². The number of benzene rings is 1. The largest absolute Gasteiger partial charge is 0.329 e. The number of halogens is 1. The van der Waals surface area contributed by atoms with E-state index in [9.17, 15) is 22.9 Å². The van der Waals surface area contributed by atoms with Gasteiger partial charge < -0.3 is 5.73 Å². The Hall–Kier alpha value is -1.58. The molecule has 0 radical (unpaired) electrons. The van der Waals surface area contributed by atoms with Crippen LogP contribution in [0.1, 0.15) is 6.92 Å². The van der Waals surface area contributed by atoms with Crippen molar-refractivity contribution < 1.29 is 17.7 Å². The zero-order valence-electron chi connectivity index (χ0n) is 9.46. The van der Waals surface area contributed by atoms with Crippen LogP contribution in [-0.4, -0.2) is 25.9 Å². The third-order valence-corrected chi connectivity index (χ3v) is 3.72. The molecule has 1 rings (SSSR count). The smallest absolute Gasteiger partial charge is 0.306 e. The highest BCUT2D eigenvalue weighted by Gasteiger charge is 2.22. The SMILES string of the molecule is CC(CN)NS(=O)(=O)c1ccc(F)c([N+](=O)[O-])c1. The number of nitro groups is 1. The van der Waals surface area contributed by atoms with Gasteiger partial charge in [-0.3, -0.25) is 10.1 Å². The predicted molar refractivity (Wildman–Crippen MR) is 61.9 cm³/mol. The number of hydrogen-bond acceptors (Lipinski definition) is 5. The molecular formula is C9H12FN3O4S. The first kappa shape index (κ1) is 14.5. The van der Waals surface area contributed by atoms with Crippen LogP contribution in [0.4, 0.5) is 10.1 Å². The monoisotopic (exact) mass is 277 g/mol. The third kappa shape index (κ3) is 3.22. The molecule has 0 aliphatic heterocycles. The van der Waals surface area contributed by atoms with Crippen molar-refractivity contribution >= 4 is 15.7 Å². The van der Waals surface area contributed by atoms with Gasteiger partial charge in [0, 0.05) is 18.7 Å². The van der Waals surface area contributed by atoms with Crippen molar-refractivity contribution in [3.63, 3.8) is 0 Å². The van der Waals surface area contributed by atoms with Crippen LogP contribution in [0.3, 0.4) is 0 Å². The molecule has 7 nitrogen and oxygen atoms in total. The van der Waals surface area contributed by atoms with Gasteiger partial charge in [0.1, 0.15) is 0 Å². The topological polar surface area (TPSA) is 115 Å². The van der Waals surface area contributed by atoms with Gasteiger partial charge in [0.15, 0.2) is 0 Å². The fraction of sp³-hybridized carbons (Fsp3) is 0.333. The first-order valence-electron chi connectivity index (χ1n) is 4.94. The maximum Gasteiger partial charge on any atom is 0.306 e. The lowest BCUT2D eigenvalue weighted by molar-refractivity contribution is -0.387. The molecule has 0 saturated carbocycles. The van der Waals surface area contributed by atoms with E-state index in [0.717, 1.165) is 12.1 Å². The fourth-order valence-electron chi connectivity index (χ4n) is 1.18. The lowest BCUT2D eigenvalue weighted by Gasteiger charge is -2.11. The normalized spacial score (nSPS) is 13.3. The number of nitrogens with zero attached hydrogens (tertiary/aromatic N) is 1. The Bertz CT molecular complexity index is 561. The van der Waals surface area contributed by atoms with Crippen LogP contribution in [0.5, 0.6) is 0 Å². The molecule has 0 heterocycles. The van der Waals surface area contributed by atoms with Gasteiger partial charge in [-0.2, -0.15) is 4.39 Å². The highest BCUT2D eigenvalue weighted by Crippen LogP contribution is 2.21. The van der Waals surface area contributed by atoms with Crippen molar-refractivity contribution in [3.05, 3.63) is 34.1 Å². The van der Waals surface area contributed by atoms with Crippen molar-refractivity contribution in [2.24, 2.45) is 5.73 Å². The van der Waals surface area contributed by atoms with Gasteiger partial charge in [-0.15, -0.1) is 0 Å². The molecule has 100 valence electrons. The van der Waals surface area contributed by atoms with E-state index in [2.05, 4.69) is 4.72 Å². The summed E-state index contributed by atoms with van der Waals surface area (Å²) in [5, 5.41) is 10.5. The minimum Gasteiger partial charge on any atom is -0.329 e. The Balaban J connectivity index is 3.18. The molecule has 0 saturated heterocycles. The summed E-state index contributed by atoms with van der Waals surface area (Å²) in [6.45, 7) is 1.61. The molecule has 3 N–H and O–H groups in total. The van der Waals surface area contributed by atoms with Crippen LogP contribution in [-0.2, 0) is 10.0 Å². The van der Waals surface area contributed by atoms with Crippen LogP contribution >= 0.6 is 0 Å². The lowest BCUT2D eigenvalue weighted by Crippen LogP contribution is -2.37. The van der Waals surface area contributed by atoms with Crippen LogP contribution in [0.25, 0.3) is 0 Å². The molecule has 0 aromatic heterocycles. The van der Waals surface area contributed by atoms with Gasteiger partial charge in [-0.05, 0) is 19.1 Å². The van der Waals surface area contributed by atoms with Crippen LogP contribution < -0.4 is 10.5 Å². The van der Waals surface area contributed by atoms with Gasteiger partial charge >= 0.3 is 5.69 Å². The molecule has 0 amide bonds. The highest BCUT2D eigenvalue weighted by molar-refractivity contribution is 7.89. The Kier molecular flexibility index (Phi) is 4.33. The number of sulfonamides is 1. The average Bonchev–Trinajstić information content (AvgIpc) is 2.28. The molecule has 0 aliphatic carbocycles. The van der Waals surface area contributed by atoms with Crippen molar-refractivity contribution in [2.75, 3.05) is 6.54 Å². The summed E-state index contributed by atoms with van der Waals surface area (Å²) in [5.74, 6) is -1.09. The summed E-state index contributed by atoms with van der Waals surface area (Å²) >= 11 is 0. The molecule has 1 aromatic rings. The van der Waals surface area contributed by atoms with Gasteiger partial charge in [-0.1, -0.05) is 0 Å². The van der Waals surface area contributed by atoms with E-state index in [1.54, 1.807) is 0 Å². The zero-order valence-corrected chi connectivity index (χ0v) is 10.3. The second-order valence-electron chi connectivity index (χ2n) is 3.63. The number of nitrogens with one attached hydrogen (secondary N) is 1. The second kappa shape index (κ2) is 5.38. The number of nitrogens with two attached hydrogens (primary N) is 1. The minimum atomic E-state index is -3.95.